The summed E-state index contributed by atoms with van der Waals surface area (Å²) in [6.45, 7) is 4.62. The highest BCUT2D eigenvalue weighted by molar-refractivity contribution is 7.93. The van der Waals surface area contributed by atoms with Crippen molar-refractivity contribution in [3.8, 4) is 0 Å². The van der Waals surface area contributed by atoms with E-state index in [1.807, 2.05) is 0 Å². The van der Waals surface area contributed by atoms with Crippen LogP contribution in [0, 0.1) is 0 Å². The van der Waals surface area contributed by atoms with Crippen molar-refractivity contribution in [1.29, 1.82) is 0 Å². The Hall–Kier alpha value is -2.34. The summed E-state index contributed by atoms with van der Waals surface area (Å²) in [6.07, 6.45) is -2.78. The Morgan fingerprint density at radius 2 is 1.69 bits per heavy atom. The number of nitrogens with zero attached hydrogens (tertiary/aromatic N) is 2. The summed E-state index contributed by atoms with van der Waals surface area (Å²) in [6, 6.07) is 4.84. The molecule has 162 valence electrons. The molecule has 0 saturated carbocycles. The second-order valence-corrected chi connectivity index (χ2v) is 11.4. The zero-order valence-corrected chi connectivity index (χ0v) is 18.2. The van der Waals surface area contributed by atoms with Crippen LogP contribution in [-0.2, 0) is 24.6 Å². The van der Waals surface area contributed by atoms with E-state index in [1.165, 1.54) is 32.9 Å². The third-order valence-electron chi connectivity index (χ3n) is 4.10. The molecule has 1 heterocycles. The third kappa shape index (κ3) is 4.99. The molecule has 1 fully saturated rings. The van der Waals surface area contributed by atoms with Crippen LogP contribution in [0.15, 0.2) is 34.1 Å². The fourth-order valence-electron chi connectivity index (χ4n) is 2.98. The first kappa shape index (κ1) is 22.9. The highest BCUT2D eigenvalue weighted by atomic mass is 32.2. The summed E-state index contributed by atoms with van der Waals surface area (Å²) in [5, 5.41) is 9.42. The van der Waals surface area contributed by atoms with Crippen LogP contribution in [0.4, 0.5) is 9.59 Å². The number of sulfone groups is 1. The van der Waals surface area contributed by atoms with Gasteiger partial charge >= 0.3 is 12.2 Å². The maximum Gasteiger partial charge on any atom is 0.426 e. The Balaban J connectivity index is 2.68. The Labute approximate surface area is 170 Å². The van der Waals surface area contributed by atoms with E-state index in [-0.39, 0.29) is 13.0 Å². The van der Waals surface area contributed by atoms with Crippen molar-refractivity contribution in [3.63, 3.8) is 0 Å². The molecule has 2 rings (SSSR count). The lowest BCUT2D eigenvalue weighted by molar-refractivity contribution is 0.0230. The smallest absolute Gasteiger partial charge is 0.426 e. The highest BCUT2D eigenvalue weighted by Gasteiger charge is 2.46. The van der Waals surface area contributed by atoms with Gasteiger partial charge in [-0.3, -0.25) is 4.90 Å². The van der Waals surface area contributed by atoms with Crippen LogP contribution >= 0.6 is 0 Å². The van der Waals surface area contributed by atoms with Gasteiger partial charge in [0.15, 0.2) is 9.84 Å². The standard InChI is InChI=1S/C17H24N2O8S2/c1-17(2,3)27-16(22)19(14-10-7-11-18(14)15(20)21)29(25,26)13-9-6-5-8-12(13)28(4,23)24/h5-6,8-9,14H,7,10-11H2,1-4H3,(H,20,21). The van der Waals surface area contributed by atoms with Crippen molar-refractivity contribution in [2.24, 2.45) is 0 Å². The number of benzene rings is 1. The van der Waals surface area contributed by atoms with Crippen LogP contribution in [0.1, 0.15) is 33.6 Å². The molecule has 1 aromatic carbocycles. The lowest BCUT2D eigenvalue weighted by Crippen LogP contribution is -2.53. The average molecular weight is 449 g/mol. The van der Waals surface area contributed by atoms with Crippen molar-refractivity contribution in [3.05, 3.63) is 24.3 Å². The second-order valence-electron chi connectivity index (χ2n) is 7.60. The SMILES string of the molecule is CC(C)(C)OC(=O)N(C1CCCN1C(=O)O)S(=O)(=O)c1ccccc1S(C)(=O)=O. The quantitative estimate of drug-likeness (QED) is 0.739. The van der Waals surface area contributed by atoms with E-state index < -0.39 is 53.6 Å². The summed E-state index contributed by atoms with van der Waals surface area (Å²) in [5.74, 6) is 0. The Bertz CT molecular complexity index is 1010. The summed E-state index contributed by atoms with van der Waals surface area (Å²) < 4.78 is 56.6. The van der Waals surface area contributed by atoms with Crippen molar-refractivity contribution in [1.82, 2.24) is 9.21 Å². The molecule has 2 amide bonds. The van der Waals surface area contributed by atoms with E-state index in [0.29, 0.717) is 10.7 Å². The molecule has 12 heteroatoms. The molecule has 1 unspecified atom stereocenters. The Kier molecular flexibility index (Phi) is 6.19. The van der Waals surface area contributed by atoms with Crippen LogP contribution in [0.25, 0.3) is 0 Å². The predicted molar refractivity (Wildman–Crippen MR) is 103 cm³/mol. The van der Waals surface area contributed by atoms with Crippen molar-refractivity contribution < 1.29 is 36.3 Å². The number of ether oxygens (including phenoxy) is 1. The minimum Gasteiger partial charge on any atom is -0.465 e. The first-order valence-electron chi connectivity index (χ1n) is 8.72. The first-order valence-corrected chi connectivity index (χ1v) is 12.1. The molecule has 1 aromatic rings. The summed E-state index contributed by atoms with van der Waals surface area (Å²) in [4.78, 5) is 24.1. The maximum absolute atomic E-state index is 13.4. The molecule has 0 bridgehead atoms. The Morgan fingerprint density at radius 1 is 1.14 bits per heavy atom. The molecule has 1 aliphatic heterocycles. The number of hydrogen-bond acceptors (Lipinski definition) is 7. The fraction of sp³-hybridized carbons (Fsp3) is 0.529. The normalized spacial score (nSPS) is 17.8. The van der Waals surface area contributed by atoms with Gasteiger partial charge < -0.3 is 9.84 Å². The second kappa shape index (κ2) is 7.82. The zero-order chi connectivity index (χ0) is 22.2. The minimum absolute atomic E-state index is 0.0303. The first-order chi connectivity index (χ1) is 13.2. The van der Waals surface area contributed by atoms with Crippen LogP contribution in [0.5, 0.6) is 0 Å². The van der Waals surface area contributed by atoms with Crippen LogP contribution < -0.4 is 0 Å². The number of sulfonamides is 1. The number of amides is 2. The van der Waals surface area contributed by atoms with Gasteiger partial charge in [0, 0.05) is 12.8 Å². The van der Waals surface area contributed by atoms with Crippen molar-refractivity contribution in [2.75, 3.05) is 12.8 Å². The summed E-state index contributed by atoms with van der Waals surface area (Å²) >= 11 is 0. The van der Waals surface area contributed by atoms with Crippen LogP contribution in [0.2, 0.25) is 0 Å². The van der Waals surface area contributed by atoms with Gasteiger partial charge in [-0.25, -0.2) is 26.4 Å². The van der Waals surface area contributed by atoms with E-state index >= 15 is 0 Å². The molecule has 0 aromatic heterocycles. The Morgan fingerprint density at radius 3 is 2.17 bits per heavy atom. The van der Waals surface area contributed by atoms with Gasteiger partial charge in [0.2, 0.25) is 0 Å². The topological polar surface area (TPSA) is 138 Å². The van der Waals surface area contributed by atoms with Crippen LogP contribution in [0.3, 0.4) is 0 Å². The lowest BCUT2D eigenvalue weighted by Gasteiger charge is -2.34. The van der Waals surface area contributed by atoms with Gasteiger partial charge in [-0.15, -0.1) is 0 Å². The molecular weight excluding hydrogens is 424 g/mol. The van der Waals surface area contributed by atoms with Gasteiger partial charge in [-0.2, -0.15) is 4.31 Å². The van der Waals surface area contributed by atoms with Gasteiger partial charge in [0.25, 0.3) is 10.0 Å². The predicted octanol–water partition coefficient (Wildman–Crippen LogP) is 2.12. The molecule has 0 aliphatic carbocycles. The number of hydrogen-bond donors (Lipinski definition) is 1. The van der Waals surface area contributed by atoms with Crippen molar-refractivity contribution in [2.45, 2.75) is 55.2 Å². The third-order valence-corrected chi connectivity index (χ3v) is 7.20. The van der Waals surface area contributed by atoms with Gasteiger partial charge in [-0.1, -0.05) is 12.1 Å². The maximum atomic E-state index is 13.4. The van der Waals surface area contributed by atoms with E-state index in [4.69, 9.17) is 4.74 Å². The monoisotopic (exact) mass is 448 g/mol. The molecule has 0 radical (unpaired) electrons. The average Bonchev–Trinajstić information content (AvgIpc) is 3.01. The zero-order valence-electron chi connectivity index (χ0n) is 16.5. The van der Waals surface area contributed by atoms with Gasteiger partial charge in [0.1, 0.15) is 16.7 Å². The molecule has 1 saturated heterocycles. The summed E-state index contributed by atoms with van der Waals surface area (Å²) in [7, 11) is -8.71. The summed E-state index contributed by atoms with van der Waals surface area (Å²) in [5.41, 5.74) is -1.06. The molecule has 0 spiro atoms. The number of carboxylic acid groups (broad SMARTS) is 1. The molecule has 1 aliphatic rings. The molecule has 1 N–H and O–H groups in total. The molecule has 1 atom stereocenters. The van der Waals surface area contributed by atoms with E-state index in [9.17, 15) is 31.5 Å². The minimum atomic E-state index is -4.76. The van der Waals surface area contributed by atoms with Crippen LogP contribution in [-0.4, -0.2) is 67.9 Å². The molecular formula is C17H24N2O8S2. The fourth-order valence-corrected chi connectivity index (χ4v) is 6.07. The number of carbonyl (C=O) groups excluding carboxylic acids is 1. The van der Waals surface area contributed by atoms with E-state index in [2.05, 4.69) is 0 Å². The lowest BCUT2D eigenvalue weighted by atomic mass is 10.2. The van der Waals surface area contributed by atoms with Gasteiger partial charge in [0.05, 0.1) is 4.90 Å². The highest BCUT2D eigenvalue weighted by Crippen LogP contribution is 2.31. The molecule has 29 heavy (non-hydrogen) atoms. The van der Waals surface area contributed by atoms with Gasteiger partial charge in [-0.05, 0) is 45.7 Å². The number of rotatable bonds is 4. The molecule has 10 nitrogen and oxygen atoms in total. The largest absolute Gasteiger partial charge is 0.465 e. The van der Waals surface area contributed by atoms with Crippen molar-refractivity contribution >= 4 is 32.0 Å². The van der Waals surface area contributed by atoms with E-state index in [1.54, 1.807) is 0 Å². The number of carbonyl (C=O) groups is 2. The number of likely N-dealkylation sites (tertiary alicyclic amines) is 1. The van der Waals surface area contributed by atoms with E-state index in [0.717, 1.165) is 23.3 Å².